The van der Waals surface area contributed by atoms with Crippen molar-refractivity contribution in [1.82, 2.24) is 4.57 Å². The average Bonchev–Trinajstić information content (AvgIpc) is 3.04. The molecule has 32 heavy (non-hydrogen) atoms. The van der Waals surface area contributed by atoms with Crippen LogP contribution >= 0.6 is 46.1 Å². The number of halogens is 3. The maximum Gasteiger partial charge on any atom is 0.338 e. The lowest BCUT2D eigenvalue weighted by Crippen LogP contribution is -2.40. The number of carbonyl (C=O) groups excluding carboxylic acids is 1. The summed E-state index contributed by atoms with van der Waals surface area (Å²) in [5.41, 5.74) is 1.72. The fourth-order valence-electron chi connectivity index (χ4n) is 3.54. The monoisotopic (exact) mass is 506 g/mol. The molecular weight excluding hydrogens is 491 g/mol. The number of rotatable bonds is 4. The quantitative estimate of drug-likeness (QED) is 0.479. The molecule has 0 spiro atoms. The van der Waals surface area contributed by atoms with E-state index in [-0.39, 0.29) is 17.7 Å². The van der Waals surface area contributed by atoms with E-state index in [1.165, 1.54) is 15.9 Å². The van der Waals surface area contributed by atoms with E-state index in [2.05, 4.69) is 4.99 Å². The lowest BCUT2D eigenvalue weighted by atomic mass is 9.96. The summed E-state index contributed by atoms with van der Waals surface area (Å²) >= 11 is 20.0. The highest BCUT2D eigenvalue weighted by molar-refractivity contribution is 7.07. The van der Waals surface area contributed by atoms with Crippen molar-refractivity contribution in [1.29, 1.82) is 0 Å². The predicted octanol–water partition coefficient (Wildman–Crippen LogP) is 4.76. The van der Waals surface area contributed by atoms with Gasteiger partial charge in [0, 0.05) is 15.1 Å². The minimum Gasteiger partial charge on any atom is -0.463 e. The van der Waals surface area contributed by atoms with Gasteiger partial charge in [0.15, 0.2) is 4.80 Å². The number of hydrogen-bond acceptors (Lipinski definition) is 5. The van der Waals surface area contributed by atoms with Crippen LogP contribution in [0.15, 0.2) is 63.5 Å². The predicted molar refractivity (Wildman–Crippen MR) is 128 cm³/mol. The number of aromatic nitrogens is 1. The van der Waals surface area contributed by atoms with Crippen LogP contribution in [0.2, 0.25) is 15.1 Å². The van der Waals surface area contributed by atoms with Gasteiger partial charge in [-0.2, -0.15) is 0 Å². The summed E-state index contributed by atoms with van der Waals surface area (Å²) in [6, 6.07) is 11.4. The molecule has 0 N–H and O–H groups in total. The largest absolute Gasteiger partial charge is 0.463 e. The Hall–Kier alpha value is -2.38. The first-order valence-corrected chi connectivity index (χ1v) is 11.7. The summed E-state index contributed by atoms with van der Waals surface area (Å²) in [5, 5.41) is 1.36. The Bertz CT molecular complexity index is 1440. The summed E-state index contributed by atoms with van der Waals surface area (Å²) < 4.78 is 7.18. The minimum absolute atomic E-state index is 0.199. The van der Waals surface area contributed by atoms with Crippen LogP contribution < -0.4 is 14.9 Å². The first-order valence-electron chi connectivity index (χ1n) is 9.71. The lowest BCUT2D eigenvalue weighted by Gasteiger charge is -2.25. The summed E-state index contributed by atoms with van der Waals surface area (Å²) in [5.74, 6) is -0.534. The van der Waals surface area contributed by atoms with Crippen molar-refractivity contribution in [3.8, 4) is 0 Å². The van der Waals surface area contributed by atoms with E-state index in [9.17, 15) is 9.59 Å². The second-order valence-corrected chi connectivity index (χ2v) is 9.25. The molecule has 0 saturated carbocycles. The Balaban J connectivity index is 1.99. The molecule has 1 aliphatic heterocycles. The number of hydrogen-bond donors (Lipinski definition) is 0. The van der Waals surface area contributed by atoms with Crippen LogP contribution in [-0.4, -0.2) is 17.1 Å². The summed E-state index contributed by atoms with van der Waals surface area (Å²) in [7, 11) is 0. The molecule has 0 aliphatic carbocycles. The third kappa shape index (κ3) is 4.16. The van der Waals surface area contributed by atoms with E-state index < -0.39 is 12.0 Å². The Morgan fingerprint density at radius 3 is 2.62 bits per heavy atom. The number of carbonyl (C=O) groups is 1. The molecule has 0 radical (unpaired) electrons. The normalized spacial score (nSPS) is 16.0. The van der Waals surface area contributed by atoms with Gasteiger partial charge in [-0.25, -0.2) is 9.79 Å². The molecule has 2 heterocycles. The van der Waals surface area contributed by atoms with Gasteiger partial charge in [-0.15, -0.1) is 0 Å². The zero-order valence-corrected chi connectivity index (χ0v) is 20.1. The SMILES string of the molecule is CCOC(=O)C1=C(C)N=c2s/c(=C\c3ccc(Cl)cc3Cl)c(=O)n2[C@H]1c1ccccc1Cl. The van der Waals surface area contributed by atoms with Gasteiger partial charge in [-0.1, -0.05) is 70.4 Å². The number of nitrogens with zero attached hydrogens (tertiary/aromatic N) is 2. The van der Waals surface area contributed by atoms with Gasteiger partial charge >= 0.3 is 5.97 Å². The van der Waals surface area contributed by atoms with Crippen LogP contribution in [0.5, 0.6) is 0 Å². The third-order valence-electron chi connectivity index (χ3n) is 4.97. The number of thiazole rings is 1. The number of fused-ring (bicyclic) bond motifs is 1. The molecule has 0 fully saturated rings. The van der Waals surface area contributed by atoms with Gasteiger partial charge in [-0.3, -0.25) is 9.36 Å². The molecule has 5 nitrogen and oxygen atoms in total. The van der Waals surface area contributed by atoms with Crippen LogP contribution in [0.3, 0.4) is 0 Å². The lowest BCUT2D eigenvalue weighted by molar-refractivity contribution is -0.139. The van der Waals surface area contributed by atoms with Gasteiger partial charge in [0.1, 0.15) is 6.04 Å². The van der Waals surface area contributed by atoms with Crippen molar-refractivity contribution in [3.63, 3.8) is 0 Å². The van der Waals surface area contributed by atoms with E-state index in [0.717, 1.165) is 0 Å². The maximum absolute atomic E-state index is 13.5. The molecule has 4 rings (SSSR count). The third-order valence-corrected chi connectivity index (χ3v) is 6.86. The van der Waals surface area contributed by atoms with Crippen molar-refractivity contribution in [2.24, 2.45) is 4.99 Å². The Kier molecular flexibility index (Phi) is 6.58. The van der Waals surface area contributed by atoms with E-state index in [1.807, 2.05) is 6.07 Å². The fourth-order valence-corrected chi connectivity index (χ4v) is 5.28. The topological polar surface area (TPSA) is 60.7 Å². The molecule has 0 unspecified atom stereocenters. The maximum atomic E-state index is 13.5. The highest BCUT2D eigenvalue weighted by Gasteiger charge is 2.34. The van der Waals surface area contributed by atoms with Crippen molar-refractivity contribution in [2.75, 3.05) is 6.61 Å². The Morgan fingerprint density at radius 1 is 1.19 bits per heavy atom. The first-order chi connectivity index (χ1) is 15.3. The smallest absolute Gasteiger partial charge is 0.338 e. The number of benzene rings is 2. The second kappa shape index (κ2) is 9.24. The molecule has 1 atom stereocenters. The van der Waals surface area contributed by atoms with E-state index >= 15 is 0 Å². The highest BCUT2D eigenvalue weighted by atomic mass is 35.5. The number of allylic oxidation sites excluding steroid dienone is 1. The molecule has 0 saturated heterocycles. The molecule has 164 valence electrons. The standard InChI is InChI=1S/C23H17Cl3N2O3S/c1-3-31-22(30)19-12(2)27-23-28(20(19)15-6-4-5-7-16(15)25)21(29)18(32-23)10-13-8-9-14(24)11-17(13)26/h4-11,20H,3H2,1-2H3/b18-10-/t20-/m0/s1. The molecule has 0 amide bonds. The zero-order valence-electron chi connectivity index (χ0n) is 17.1. The zero-order chi connectivity index (χ0) is 23.0. The molecule has 9 heteroatoms. The fraction of sp³-hybridized carbons (Fsp3) is 0.174. The van der Waals surface area contributed by atoms with Crippen LogP contribution in [0, 0.1) is 0 Å². The highest BCUT2D eigenvalue weighted by Crippen LogP contribution is 2.34. The van der Waals surface area contributed by atoms with Crippen LogP contribution in [0.25, 0.3) is 6.08 Å². The van der Waals surface area contributed by atoms with E-state index in [1.54, 1.807) is 56.3 Å². The molecule has 0 bridgehead atoms. The Labute approximate surface area is 202 Å². The molecule has 2 aromatic carbocycles. The van der Waals surface area contributed by atoms with Crippen LogP contribution in [0.4, 0.5) is 0 Å². The Morgan fingerprint density at radius 2 is 1.94 bits per heavy atom. The summed E-state index contributed by atoms with van der Waals surface area (Å²) in [4.78, 5) is 31.4. The van der Waals surface area contributed by atoms with Crippen molar-refractivity contribution in [3.05, 3.63) is 99.6 Å². The van der Waals surface area contributed by atoms with Gasteiger partial charge in [-0.05, 0) is 49.2 Å². The summed E-state index contributed by atoms with van der Waals surface area (Å²) in [6.45, 7) is 3.65. The second-order valence-electron chi connectivity index (χ2n) is 6.99. The van der Waals surface area contributed by atoms with Gasteiger partial charge in [0.05, 0.1) is 22.4 Å². The van der Waals surface area contributed by atoms with E-state index in [4.69, 9.17) is 39.5 Å². The molecule has 1 aliphatic rings. The van der Waals surface area contributed by atoms with Gasteiger partial charge < -0.3 is 4.74 Å². The minimum atomic E-state index is -0.762. The molecule has 1 aromatic heterocycles. The van der Waals surface area contributed by atoms with Crippen molar-refractivity contribution >= 4 is 58.2 Å². The molecule has 3 aromatic rings. The van der Waals surface area contributed by atoms with Crippen LogP contribution in [-0.2, 0) is 9.53 Å². The van der Waals surface area contributed by atoms with Gasteiger partial charge in [0.25, 0.3) is 5.56 Å². The first kappa shape index (κ1) is 22.8. The molecular formula is C23H17Cl3N2O3S. The average molecular weight is 508 g/mol. The van der Waals surface area contributed by atoms with E-state index in [0.29, 0.717) is 41.2 Å². The number of esters is 1. The number of ether oxygens (including phenoxy) is 1. The van der Waals surface area contributed by atoms with Crippen molar-refractivity contribution in [2.45, 2.75) is 19.9 Å². The summed E-state index contributed by atoms with van der Waals surface area (Å²) in [6.07, 6.45) is 1.69. The van der Waals surface area contributed by atoms with Gasteiger partial charge in [0.2, 0.25) is 0 Å². The van der Waals surface area contributed by atoms with Crippen molar-refractivity contribution < 1.29 is 9.53 Å². The van der Waals surface area contributed by atoms with Crippen LogP contribution in [0.1, 0.15) is 31.0 Å².